The molecule has 12 atom stereocenters. The highest BCUT2D eigenvalue weighted by molar-refractivity contribution is 7.97. The van der Waals surface area contributed by atoms with Gasteiger partial charge in [-0.25, -0.2) is 0 Å². The Morgan fingerprint density at radius 2 is 1.53 bits per heavy atom. The van der Waals surface area contributed by atoms with Gasteiger partial charge in [0.05, 0.1) is 6.61 Å². The second kappa shape index (κ2) is 12.5. The molecule has 2 amide bonds. The standard InChI is InChI=1S/C17H29N3O13S/c1-4(22)18-5(3-34-20-31)16(30)19-7-9(24)8(23)6(2-21)32-17(7)33-15-13(28)11(26)10(25)12(27)14(15)29/h5-15,17,21,23-29H,2-3H2,1H3,(H,18,22)(H,19,30)/t5-,6+,7+,8+,9+,10?,11-,12+,13-,14-,15?,17+/m0/s1. The van der Waals surface area contributed by atoms with Crippen molar-refractivity contribution in [2.24, 2.45) is 4.58 Å². The molecule has 2 fully saturated rings. The average molecular weight is 515 g/mol. The Bertz CT molecular complexity index is 704. The molecule has 1 aliphatic heterocycles. The van der Waals surface area contributed by atoms with Gasteiger partial charge in [0, 0.05) is 29.2 Å². The molecule has 17 heteroatoms. The van der Waals surface area contributed by atoms with E-state index in [9.17, 15) is 55.3 Å². The van der Waals surface area contributed by atoms with E-state index in [-0.39, 0.29) is 5.75 Å². The molecular formula is C17H29N3O13S. The van der Waals surface area contributed by atoms with E-state index in [1.165, 1.54) is 0 Å². The maximum atomic E-state index is 12.7. The Morgan fingerprint density at radius 1 is 0.971 bits per heavy atom. The monoisotopic (exact) mass is 515 g/mol. The molecule has 1 aliphatic carbocycles. The minimum absolute atomic E-state index is 0.289. The number of aliphatic hydroxyl groups is 8. The average Bonchev–Trinajstić information content (AvgIpc) is 2.80. The summed E-state index contributed by atoms with van der Waals surface area (Å²) in [5.41, 5.74) is 0. The van der Waals surface area contributed by atoms with Crippen molar-refractivity contribution in [2.45, 2.75) is 80.2 Å². The van der Waals surface area contributed by atoms with Crippen molar-refractivity contribution in [3.63, 3.8) is 0 Å². The van der Waals surface area contributed by atoms with Crippen molar-refractivity contribution in [1.82, 2.24) is 10.6 Å². The number of carbonyl (C=O) groups excluding carboxylic acids is 2. The van der Waals surface area contributed by atoms with Gasteiger partial charge in [-0.2, -0.15) is 0 Å². The summed E-state index contributed by atoms with van der Waals surface area (Å²) in [5, 5.41) is 84.7. The Labute approximate surface area is 197 Å². The van der Waals surface area contributed by atoms with E-state index in [4.69, 9.17) is 9.47 Å². The number of amides is 2. The van der Waals surface area contributed by atoms with Crippen LogP contribution in [-0.4, -0.2) is 138 Å². The Hall–Kier alpha value is -1.51. The first kappa shape index (κ1) is 28.7. The smallest absolute Gasteiger partial charge is 0.243 e. The molecule has 2 aliphatic rings. The van der Waals surface area contributed by atoms with Gasteiger partial charge in [-0.1, -0.05) is 0 Å². The molecular weight excluding hydrogens is 486 g/mol. The van der Waals surface area contributed by atoms with E-state index in [1.807, 2.05) is 0 Å². The third kappa shape index (κ3) is 6.38. The first-order chi connectivity index (χ1) is 15.9. The molecule has 0 spiro atoms. The van der Waals surface area contributed by atoms with Crippen LogP contribution in [0.4, 0.5) is 0 Å². The van der Waals surface area contributed by atoms with E-state index in [0.29, 0.717) is 11.9 Å². The van der Waals surface area contributed by atoms with E-state index < -0.39 is 91.7 Å². The fraction of sp³-hybridized carbons (Fsp3) is 0.882. The highest BCUT2D eigenvalue weighted by atomic mass is 32.2. The van der Waals surface area contributed by atoms with Crippen molar-refractivity contribution in [3.05, 3.63) is 4.91 Å². The number of nitrogens with zero attached hydrogens (tertiary/aromatic N) is 1. The van der Waals surface area contributed by atoms with Crippen molar-refractivity contribution >= 4 is 23.8 Å². The quantitative estimate of drug-likeness (QED) is 0.101. The Balaban J connectivity index is 2.28. The number of nitrogens with one attached hydrogen (secondary N) is 2. The fourth-order valence-corrected chi connectivity index (χ4v) is 4.11. The van der Waals surface area contributed by atoms with Gasteiger partial charge in [0.25, 0.3) is 0 Å². The molecule has 10 N–H and O–H groups in total. The summed E-state index contributed by atoms with van der Waals surface area (Å²) in [5.74, 6) is -1.87. The molecule has 2 unspecified atom stereocenters. The molecule has 16 nitrogen and oxygen atoms in total. The lowest BCUT2D eigenvalue weighted by molar-refractivity contribution is -0.319. The number of carbonyl (C=O) groups is 2. The molecule has 34 heavy (non-hydrogen) atoms. The lowest BCUT2D eigenvalue weighted by Crippen LogP contribution is -2.69. The second-order valence-corrected chi connectivity index (χ2v) is 8.66. The first-order valence-electron chi connectivity index (χ1n) is 10.1. The zero-order valence-corrected chi connectivity index (χ0v) is 18.6. The van der Waals surface area contributed by atoms with E-state index in [0.717, 1.165) is 6.92 Å². The van der Waals surface area contributed by atoms with Crippen molar-refractivity contribution in [2.75, 3.05) is 12.4 Å². The molecule has 1 heterocycles. The van der Waals surface area contributed by atoms with Crippen LogP contribution in [0.1, 0.15) is 6.92 Å². The molecule has 0 aromatic rings. The molecule has 0 aromatic carbocycles. The molecule has 0 bridgehead atoms. The van der Waals surface area contributed by atoms with Crippen LogP contribution < -0.4 is 10.6 Å². The van der Waals surface area contributed by atoms with Crippen molar-refractivity contribution < 1.29 is 59.9 Å². The zero-order valence-electron chi connectivity index (χ0n) is 17.8. The predicted octanol–water partition coefficient (Wildman–Crippen LogP) is -5.97. The van der Waals surface area contributed by atoms with Crippen LogP contribution in [0.25, 0.3) is 0 Å². The van der Waals surface area contributed by atoms with Crippen molar-refractivity contribution in [1.29, 1.82) is 0 Å². The first-order valence-corrected chi connectivity index (χ1v) is 11.1. The summed E-state index contributed by atoms with van der Waals surface area (Å²) in [6, 6.07) is -2.94. The summed E-state index contributed by atoms with van der Waals surface area (Å²) in [6.07, 6.45) is -18.3. The number of hydrogen-bond acceptors (Lipinski definition) is 15. The molecule has 196 valence electrons. The fourth-order valence-electron chi connectivity index (χ4n) is 3.66. The van der Waals surface area contributed by atoms with Crippen molar-refractivity contribution in [3.8, 4) is 0 Å². The Kier molecular flexibility index (Phi) is 10.5. The number of rotatable bonds is 9. The van der Waals surface area contributed by atoms with E-state index in [1.54, 1.807) is 0 Å². The van der Waals surface area contributed by atoms with Crippen LogP contribution in [0.3, 0.4) is 0 Å². The molecule has 1 saturated heterocycles. The number of nitroso groups, excluding NO2 is 1. The minimum atomic E-state index is -1.95. The maximum absolute atomic E-state index is 12.7. The predicted molar refractivity (Wildman–Crippen MR) is 110 cm³/mol. The van der Waals surface area contributed by atoms with E-state index in [2.05, 4.69) is 15.2 Å². The van der Waals surface area contributed by atoms with Gasteiger partial charge in [-0.05, 0) is 0 Å². The normalized spacial score (nSPS) is 41.4. The van der Waals surface area contributed by atoms with Crippen LogP contribution >= 0.6 is 11.9 Å². The topological polar surface area (TPSA) is 268 Å². The SMILES string of the molecule is CC(=O)N[C@@H](CSN=O)C(=O)N[C@H]1[C@@H](OC2[C@@H](O)[C@H](O)C(O)[C@H](O)[C@@H]2O)O[C@H](CO)[C@@H](O)[C@@H]1O. The highest BCUT2D eigenvalue weighted by Gasteiger charge is 2.53. The van der Waals surface area contributed by atoms with Gasteiger partial charge < -0.3 is 61.0 Å². The lowest BCUT2D eigenvalue weighted by Gasteiger charge is -2.47. The Morgan fingerprint density at radius 3 is 2.03 bits per heavy atom. The van der Waals surface area contributed by atoms with Crippen LogP contribution in [0.15, 0.2) is 4.58 Å². The lowest BCUT2D eigenvalue weighted by atomic mass is 9.84. The van der Waals surface area contributed by atoms with Crippen LogP contribution in [0.2, 0.25) is 0 Å². The van der Waals surface area contributed by atoms with Gasteiger partial charge in [0.15, 0.2) is 6.29 Å². The molecule has 1 saturated carbocycles. The minimum Gasteiger partial charge on any atom is -0.394 e. The number of aliphatic hydroxyl groups excluding tert-OH is 8. The van der Waals surface area contributed by atoms with Gasteiger partial charge in [-0.3, -0.25) is 9.59 Å². The summed E-state index contributed by atoms with van der Waals surface area (Å²) >= 11 is 0.425. The summed E-state index contributed by atoms with van der Waals surface area (Å²) in [4.78, 5) is 34.5. The summed E-state index contributed by atoms with van der Waals surface area (Å²) in [6.45, 7) is 0.297. The largest absolute Gasteiger partial charge is 0.394 e. The van der Waals surface area contributed by atoms with Crippen LogP contribution in [-0.2, 0) is 19.1 Å². The molecule has 2 rings (SSSR count). The number of ether oxygens (including phenoxy) is 2. The highest BCUT2D eigenvalue weighted by Crippen LogP contribution is 2.29. The molecule has 0 radical (unpaired) electrons. The van der Waals surface area contributed by atoms with Gasteiger partial charge >= 0.3 is 0 Å². The zero-order chi connectivity index (χ0) is 25.7. The number of hydrogen-bond donors (Lipinski definition) is 10. The van der Waals surface area contributed by atoms with Gasteiger partial charge in [0.2, 0.25) is 11.8 Å². The third-order valence-electron chi connectivity index (χ3n) is 5.54. The van der Waals surface area contributed by atoms with Gasteiger partial charge in [0.1, 0.15) is 67.0 Å². The van der Waals surface area contributed by atoms with Gasteiger partial charge in [-0.15, -0.1) is 4.91 Å². The third-order valence-corrected chi connectivity index (χ3v) is 6.13. The molecule has 0 aromatic heterocycles. The van der Waals surface area contributed by atoms with E-state index >= 15 is 0 Å². The summed E-state index contributed by atoms with van der Waals surface area (Å²) in [7, 11) is 0. The maximum Gasteiger partial charge on any atom is 0.243 e. The summed E-state index contributed by atoms with van der Waals surface area (Å²) < 4.78 is 13.3. The van der Waals surface area contributed by atoms with Crippen LogP contribution in [0, 0.1) is 4.91 Å². The van der Waals surface area contributed by atoms with Crippen LogP contribution in [0.5, 0.6) is 0 Å². The second-order valence-electron chi connectivity index (χ2n) is 7.92.